The lowest BCUT2D eigenvalue weighted by Crippen LogP contribution is -2.45. The number of carbonyl (C=O) groups excluding carboxylic acids is 1. The van der Waals surface area contributed by atoms with Gasteiger partial charge in [-0.05, 0) is 55.8 Å². The number of aryl methyl sites for hydroxylation is 1. The van der Waals surface area contributed by atoms with Gasteiger partial charge in [-0.3, -0.25) is 4.79 Å². The molecule has 3 unspecified atom stereocenters. The Bertz CT molecular complexity index is 500. The van der Waals surface area contributed by atoms with Gasteiger partial charge in [-0.15, -0.1) is 0 Å². The first-order valence-electron chi connectivity index (χ1n) is 7.74. The lowest BCUT2D eigenvalue weighted by atomic mass is 9.78. The molecule has 1 saturated carbocycles. The summed E-state index contributed by atoms with van der Waals surface area (Å²) >= 11 is 0. The minimum atomic E-state index is 0.0193. The number of hydrogen-bond acceptors (Lipinski definition) is 2. The highest BCUT2D eigenvalue weighted by molar-refractivity contribution is 5.97. The highest BCUT2D eigenvalue weighted by Crippen LogP contribution is 2.36. The summed E-state index contributed by atoms with van der Waals surface area (Å²) in [5.41, 5.74) is 2.19. The number of carbonyl (C=O) groups is 1. The van der Waals surface area contributed by atoms with Crippen molar-refractivity contribution in [3.63, 3.8) is 0 Å². The van der Waals surface area contributed by atoms with Crippen LogP contribution in [-0.2, 0) is 4.79 Å². The Morgan fingerprint density at radius 2 is 2.10 bits per heavy atom. The average molecular weight is 272 g/mol. The van der Waals surface area contributed by atoms with E-state index >= 15 is 0 Å². The lowest BCUT2D eigenvalue weighted by molar-refractivity contribution is -0.121. The first-order chi connectivity index (χ1) is 9.66. The Balaban J connectivity index is 1.75. The number of fused-ring (bicyclic) bond motifs is 1. The van der Waals surface area contributed by atoms with E-state index in [-0.39, 0.29) is 11.9 Å². The molecule has 1 aromatic carbocycles. The molecule has 1 saturated heterocycles. The Labute approximate surface area is 121 Å². The molecule has 3 nitrogen and oxygen atoms in total. The fourth-order valence-electron chi connectivity index (χ4n) is 3.80. The first-order valence-corrected chi connectivity index (χ1v) is 7.74. The number of benzene rings is 1. The van der Waals surface area contributed by atoms with Gasteiger partial charge in [0, 0.05) is 12.7 Å². The Morgan fingerprint density at radius 3 is 2.90 bits per heavy atom. The van der Waals surface area contributed by atoms with Crippen LogP contribution in [0.2, 0.25) is 0 Å². The Morgan fingerprint density at radius 1 is 1.30 bits per heavy atom. The van der Waals surface area contributed by atoms with Gasteiger partial charge in [-0.25, -0.2) is 0 Å². The van der Waals surface area contributed by atoms with Crippen molar-refractivity contribution in [2.45, 2.75) is 38.6 Å². The maximum atomic E-state index is 12.8. The molecule has 0 radical (unpaired) electrons. The summed E-state index contributed by atoms with van der Waals surface area (Å²) in [5.74, 6) is 1.48. The summed E-state index contributed by atoms with van der Waals surface area (Å²) in [4.78, 5) is 14.6. The molecule has 0 bridgehead atoms. The fourth-order valence-corrected chi connectivity index (χ4v) is 3.80. The third-order valence-electron chi connectivity index (χ3n) is 4.98. The highest BCUT2D eigenvalue weighted by Gasteiger charge is 2.41. The molecule has 1 aliphatic heterocycles. The molecule has 3 rings (SSSR count). The molecule has 20 heavy (non-hydrogen) atoms. The monoisotopic (exact) mass is 272 g/mol. The van der Waals surface area contributed by atoms with Crippen molar-refractivity contribution >= 4 is 11.6 Å². The van der Waals surface area contributed by atoms with Gasteiger partial charge < -0.3 is 10.2 Å². The van der Waals surface area contributed by atoms with Crippen molar-refractivity contribution in [2.24, 2.45) is 11.8 Å². The van der Waals surface area contributed by atoms with E-state index in [0.29, 0.717) is 11.8 Å². The normalized spacial score (nSPS) is 29.0. The van der Waals surface area contributed by atoms with Crippen LogP contribution in [0.4, 0.5) is 5.69 Å². The van der Waals surface area contributed by atoms with Gasteiger partial charge in [0.25, 0.3) is 0 Å². The number of nitrogens with zero attached hydrogens (tertiary/aromatic N) is 1. The predicted octanol–water partition coefficient (Wildman–Crippen LogP) is 2.74. The van der Waals surface area contributed by atoms with Crippen LogP contribution in [0, 0.1) is 18.8 Å². The molecular formula is C17H24N2O. The molecule has 2 aliphatic rings. The maximum Gasteiger partial charge on any atom is 0.244 e. The molecule has 1 heterocycles. The summed E-state index contributed by atoms with van der Waals surface area (Å²) in [6.07, 6.45) is 5.10. The van der Waals surface area contributed by atoms with Crippen LogP contribution in [0.1, 0.15) is 31.2 Å². The summed E-state index contributed by atoms with van der Waals surface area (Å²) in [6, 6.07) is 8.18. The summed E-state index contributed by atoms with van der Waals surface area (Å²) in [5, 5.41) is 3.47. The predicted molar refractivity (Wildman–Crippen MR) is 81.8 cm³/mol. The maximum absolute atomic E-state index is 12.8. The fraction of sp³-hybridized carbons (Fsp3) is 0.588. The molecule has 1 amide bonds. The topological polar surface area (TPSA) is 32.3 Å². The third kappa shape index (κ3) is 2.47. The molecule has 3 heteroatoms. The molecule has 3 atom stereocenters. The molecular weight excluding hydrogens is 248 g/mol. The van der Waals surface area contributed by atoms with Crippen LogP contribution in [-0.4, -0.2) is 25.5 Å². The number of rotatable bonds is 2. The molecule has 1 aliphatic carbocycles. The SMILES string of the molecule is Cc1cccc(N(C)C(=O)C2NCC3CCCCC32)c1. The standard InChI is InChI=1S/C17H24N2O/c1-12-6-5-8-14(10-12)19(2)17(20)16-15-9-4-3-7-13(15)11-18-16/h5-6,8,10,13,15-16,18H,3-4,7,9,11H2,1-2H3. The van der Waals surface area contributed by atoms with Crippen molar-refractivity contribution in [1.29, 1.82) is 0 Å². The number of amides is 1. The zero-order chi connectivity index (χ0) is 14.1. The largest absolute Gasteiger partial charge is 0.314 e. The molecule has 1 N–H and O–H groups in total. The zero-order valence-electron chi connectivity index (χ0n) is 12.4. The average Bonchev–Trinajstić information content (AvgIpc) is 2.89. The Kier molecular flexibility index (Phi) is 3.79. The van der Waals surface area contributed by atoms with Crippen molar-refractivity contribution in [3.05, 3.63) is 29.8 Å². The third-order valence-corrected chi connectivity index (χ3v) is 4.98. The minimum Gasteiger partial charge on any atom is -0.314 e. The minimum absolute atomic E-state index is 0.0193. The number of likely N-dealkylation sites (N-methyl/N-ethyl adjacent to an activating group) is 1. The van der Waals surface area contributed by atoms with Crippen LogP contribution < -0.4 is 10.2 Å². The van der Waals surface area contributed by atoms with E-state index in [1.807, 2.05) is 24.1 Å². The first kappa shape index (κ1) is 13.6. The number of anilines is 1. The molecule has 108 valence electrons. The van der Waals surface area contributed by atoms with Crippen molar-refractivity contribution in [3.8, 4) is 0 Å². The van der Waals surface area contributed by atoms with Crippen LogP contribution in [0.25, 0.3) is 0 Å². The molecule has 0 spiro atoms. The van der Waals surface area contributed by atoms with Crippen LogP contribution in [0.3, 0.4) is 0 Å². The van der Waals surface area contributed by atoms with E-state index < -0.39 is 0 Å². The van der Waals surface area contributed by atoms with Gasteiger partial charge in [0.2, 0.25) is 5.91 Å². The van der Waals surface area contributed by atoms with Crippen LogP contribution >= 0.6 is 0 Å². The number of nitrogens with one attached hydrogen (secondary N) is 1. The van der Waals surface area contributed by atoms with Gasteiger partial charge in [0.15, 0.2) is 0 Å². The van der Waals surface area contributed by atoms with E-state index in [1.165, 1.54) is 31.2 Å². The van der Waals surface area contributed by atoms with Crippen molar-refractivity contribution < 1.29 is 4.79 Å². The van der Waals surface area contributed by atoms with Gasteiger partial charge in [0.1, 0.15) is 0 Å². The van der Waals surface area contributed by atoms with Crippen molar-refractivity contribution in [2.75, 3.05) is 18.5 Å². The summed E-state index contributed by atoms with van der Waals surface area (Å²) in [7, 11) is 1.90. The van der Waals surface area contributed by atoms with Gasteiger partial charge >= 0.3 is 0 Å². The molecule has 0 aromatic heterocycles. The van der Waals surface area contributed by atoms with E-state index in [9.17, 15) is 4.79 Å². The quantitative estimate of drug-likeness (QED) is 0.898. The van der Waals surface area contributed by atoms with Crippen molar-refractivity contribution in [1.82, 2.24) is 5.32 Å². The summed E-state index contributed by atoms with van der Waals surface area (Å²) in [6.45, 7) is 3.08. The van der Waals surface area contributed by atoms with Gasteiger partial charge in [-0.1, -0.05) is 25.0 Å². The van der Waals surface area contributed by atoms with E-state index in [4.69, 9.17) is 0 Å². The van der Waals surface area contributed by atoms with Gasteiger partial charge in [-0.2, -0.15) is 0 Å². The van der Waals surface area contributed by atoms with Crippen LogP contribution in [0.5, 0.6) is 0 Å². The second-order valence-corrected chi connectivity index (χ2v) is 6.33. The molecule has 2 fully saturated rings. The zero-order valence-corrected chi connectivity index (χ0v) is 12.4. The summed E-state index contributed by atoms with van der Waals surface area (Å²) < 4.78 is 0. The highest BCUT2D eigenvalue weighted by atomic mass is 16.2. The second-order valence-electron chi connectivity index (χ2n) is 6.33. The molecule has 1 aromatic rings. The number of hydrogen-bond donors (Lipinski definition) is 1. The Hall–Kier alpha value is -1.35. The van der Waals surface area contributed by atoms with E-state index in [2.05, 4.69) is 24.4 Å². The van der Waals surface area contributed by atoms with Gasteiger partial charge in [0.05, 0.1) is 6.04 Å². The van der Waals surface area contributed by atoms with E-state index in [1.54, 1.807) is 0 Å². The van der Waals surface area contributed by atoms with Crippen LogP contribution in [0.15, 0.2) is 24.3 Å². The smallest absolute Gasteiger partial charge is 0.244 e. The second kappa shape index (κ2) is 5.57. The lowest BCUT2D eigenvalue weighted by Gasteiger charge is -2.30. The van der Waals surface area contributed by atoms with E-state index in [0.717, 1.165) is 12.2 Å².